The van der Waals surface area contributed by atoms with Gasteiger partial charge in [0.05, 0.1) is 22.7 Å². The van der Waals surface area contributed by atoms with Gasteiger partial charge in [0, 0.05) is 29.9 Å². The summed E-state index contributed by atoms with van der Waals surface area (Å²) in [5, 5.41) is 11.7. The highest BCUT2D eigenvalue weighted by atomic mass is 19.1. The molecule has 1 aromatic heterocycles. The molecule has 28 heavy (non-hydrogen) atoms. The molecule has 0 aliphatic carbocycles. The molecule has 0 saturated heterocycles. The Hall–Kier alpha value is -3.46. The van der Waals surface area contributed by atoms with Crippen molar-refractivity contribution in [2.24, 2.45) is 10.7 Å². The molecule has 0 unspecified atom stereocenters. The predicted octanol–water partition coefficient (Wildman–Crippen LogP) is 2.91. The fraction of sp³-hybridized carbons (Fsp3) is 0.158. The number of nitro groups is 1. The monoisotopic (exact) mass is 383 g/mol. The van der Waals surface area contributed by atoms with Gasteiger partial charge in [0.25, 0.3) is 5.69 Å². The third kappa shape index (κ3) is 2.76. The minimum absolute atomic E-state index is 0.0125. The highest BCUT2D eigenvalue weighted by Crippen LogP contribution is 2.34. The topological polar surface area (TPSA) is 99.3 Å². The number of fused-ring (bicyclic) bond motifs is 3. The van der Waals surface area contributed by atoms with Crippen LogP contribution in [-0.4, -0.2) is 26.7 Å². The zero-order chi connectivity index (χ0) is 19.8. The Kier molecular flexibility index (Phi) is 4.44. The minimum atomic E-state index is -0.794. The van der Waals surface area contributed by atoms with Crippen LogP contribution in [0.2, 0.25) is 0 Å². The summed E-state index contributed by atoms with van der Waals surface area (Å²) < 4.78 is 30.6. The van der Waals surface area contributed by atoms with Crippen molar-refractivity contribution >= 4 is 11.4 Å². The number of hydrogen-bond acceptors (Lipinski definition) is 5. The fourth-order valence-electron chi connectivity index (χ4n) is 3.42. The average molecular weight is 383 g/mol. The van der Waals surface area contributed by atoms with Gasteiger partial charge in [0.2, 0.25) is 0 Å². The van der Waals surface area contributed by atoms with E-state index in [1.54, 1.807) is 16.8 Å². The molecule has 1 aliphatic heterocycles. The van der Waals surface area contributed by atoms with Gasteiger partial charge in [0.15, 0.2) is 0 Å². The Morgan fingerprint density at radius 2 is 1.89 bits per heavy atom. The first-order chi connectivity index (χ1) is 13.5. The molecule has 0 bridgehead atoms. The van der Waals surface area contributed by atoms with Crippen molar-refractivity contribution in [2.75, 3.05) is 6.54 Å². The standard InChI is InChI=1S/C19H15F2N5O2/c20-13-4-2-5-14(21)17(13)18-12-3-1-6-15(26(27)28)19(12)25-11(7-8-22)9-23-16(25)10-24-18/h1-6,9H,7-8,10,22H2. The molecule has 0 radical (unpaired) electrons. The zero-order valence-corrected chi connectivity index (χ0v) is 14.6. The third-order valence-corrected chi connectivity index (χ3v) is 4.58. The van der Waals surface area contributed by atoms with Crippen molar-refractivity contribution < 1.29 is 13.7 Å². The highest BCUT2D eigenvalue weighted by Gasteiger charge is 2.30. The smallest absolute Gasteiger partial charge is 0.293 e. The van der Waals surface area contributed by atoms with Crippen molar-refractivity contribution in [3.05, 3.63) is 87.0 Å². The predicted molar refractivity (Wildman–Crippen MR) is 98.7 cm³/mol. The Bertz CT molecular complexity index is 1100. The van der Waals surface area contributed by atoms with Crippen LogP contribution in [0.25, 0.3) is 5.69 Å². The second-order valence-electron chi connectivity index (χ2n) is 6.23. The summed E-state index contributed by atoms with van der Waals surface area (Å²) in [5.74, 6) is -1.15. The highest BCUT2D eigenvalue weighted by molar-refractivity contribution is 6.16. The number of nitrogens with zero attached hydrogens (tertiary/aromatic N) is 4. The van der Waals surface area contributed by atoms with E-state index in [9.17, 15) is 18.9 Å². The van der Waals surface area contributed by atoms with E-state index in [4.69, 9.17) is 5.73 Å². The summed E-state index contributed by atoms with van der Waals surface area (Å²) in [6, 6.07) is 7.88. The molecule has 0 fully saturated rings. The lowest BCUT2D eigenvalue weighted by Gasteiger charge is -2.15. The van der Waals surface area contributed by atoms with E-state index in [-0.39, 0.29) is 34.8 Å². The summed E-state index contributed by atoms with van der Waals surface area (Å²) in [7, 11) is 0. The molecule has 0 saturated carbocycles. The molecule has 0 atom stereocenters. The van der Waals surface area contributed by atoms with Gasteiger partial charge in [0.1, 0.15) is 23.1 Å². The number of halogens is 2. The van der Waals surface area contributed by atoms with Crippen LogP contribution in [0, 0.1) is 21.7 Å². The van der Waals surface area contributed by atoms with Gasteiger partial charge in [-0.3, -0.25) is 19.7 Å². The summed E-state index contributed by atoms with van der Waals surface area (Å²) in [6.07, 6.45) is 2.02. The first-order valence-corrected chi connectivity index (χ1v) is 8.55. The maximum atomic E-state index is 14.5. The number of imidazole rings is 1. The number of hydrogen-bond donors (Lipinski definition) is 1. The van der Waals surface area contributed by atoms with Crippen LogP contribution in [0.4, 0.5) is 14.5 Å². The molecule has 0 spiro atoms. The molecule has 2 N–H and O–H groups in total. The van der Waals surface area contributed by atoms with Crippen molar-refractivity contribution in [3.63, 3.8) is 0 Å². The minimum Gasteiger partial charge on any atom is -0.330 e. The Morgan fingerprint density at radius 3 is 2.57 bits per heavy atom. The van der Waals surface area contributed by atoms with E-state index in [2.05, 4.69) is 9.98 Å². The van der Waals surface area contributed by atoms with E-state index in [1.807, 2.05) is 0 Å². The van der Waals surface area contributed by atoms with Crippen LogP contribution < -0.4 is 5.73 Å². The SMILES string of the molecule is NCCc1cnc2n1-c1c(cccc1[N+](=O)[O-])C(c1c(F)cccc1F)=NC2. The summed E-state index contributed by atoms with van der Waals surface area (Å²) in [4.78, 5) is 19.9. The maximum absolute atomic E-state index is 14.5. The molecular weight excluding hydrogens is 368 g/mol. The van der Waals surface area contributed by atoms with Gasteiger partial charge in [-0.2, -0.15) is 0 Å². The van der Waals surface area contributed by atoms with Crippen LogP contribution in [0.15, 0.2) is 47.6 Å². The largest absolute Gasteiger partial charge is 0.330 e. The molecule has 4 rings (SSSR count). The summed E-state index contributed by atoms with van der Waals surface area (Å²) in [6.45, 7) is 0.330. The molecule has 7 nitrogen and oxygen atoms in total. The lowest BCUT2D eigenvalue weighted by Crippen LogP contribution is -2.15. The number of aromatic nitrogens is 2. The van der Waals surface area contributed by atoms with E-state index in [1.165, 1.54) is 18.2 Å². The normalized spacial score (nSPS) is 12.8. The van der Waals surface area contributed by atoms with Crippen LogP contribution in [0.3, 0.4) is 0 Å². The number of para-hydroxylation sites is 1. The van der Waals surface area contributed by atoms with Gasteiger partial charge in [-0.25, -0.2) is 13.8 Å². The molecule has 0 amide bonds. The van der Waals surface area contributed by atoms with Gasteiger partial charge in [-0.1, -0.05) is 18.2 Å². The Labute approximate surface area is 158 Å². The van der Waals surface area contributed by atoms with Gasteiger partial charge >= 0.3 is 0 Å². The lowest BCUT2D eigenvalue weighted by atomic mass is 9.98. The molecule has 9 heteroatoms. The van der Waals surface area contributed by atoms with E-state index >= 15 is 0 Å². The zero-order valence-electron chi connectivity index (χ0n) is 14.6. The molecule has 1 aliphatic rings. The molecule has 2 aromatic carbocycles. The van der Waals surface area contributed by atoms with Crippen molar-refractivity contribution in [1.82, 2.24) is 9.55 Å². The molecular formula is C19H15F2N5O2. The van der Waals surface area contributed by atoms with Crippen molar-refractivity contribution in [3.8, 4) is 5.69 Å². The summed E-state index contributed by atoms with van der Waals surface area (Å²) >= 11 is 0. The number of rotatable bonds is 4. The molecule has 3 aromatic rings. The number of nitrogens with two attached hydrogens (primary N) is 1. The number of benzene rings is 2. The second-order valence-corrected chi connectivity index (χ2v) is 6.23. The fourth-order valence-corrected chi connectivity index (χ4v) is 3.42. The quantitative estimate of drug-likeness (QED) is 0.553. The Balaban J connectivity index is 2.07. The third-order valence-electron chi connectivity index (χ3n) is 4.58. The van der Waals surface area contributed by atoms with E-state index in [0.717, 1.165) is 12.1 Å². The van der Waals surface area contributed by atoms with Crippen LogP contribution >= 0.6 is 0 Å². The summed E-state index contributed by atoms with van der Waals surface area (Å²) in [5.41, 5.74) is 6.25. The van der Waals surface area contributed by atoms with Crippen LogP contribution in [0.1, 0.15) is 22.6 Å². The van der Waals surface area contributed by atoms with Gasteiger partial charge in [-0.15, -0.1) is 0 Å². The second kappa shape index (κ2) is 6.93. The number of nitro benzene ring substituents is 1. The Morgan fingerprint density at radius 1 is 1.18 bits per heavy atom. The lowest BCUT2D eigenvalue weighted by molar-refractivity contribution is -0.384. The van der Waals surface area contributed by atoms with Gasteiger partial charge < -0.3 is 5.73 Å². The molecule has 142 valence electrons. The van der Waals surface area contributed by atoms with Crippen molar-refractivity contribution in [2.45, 2.75) is 13.0 Å². The van der Waals surface area contributed by atoms with Gasteiger partial charge in [-0.05, 0) is 18.7 Å². The molecule has 2 heterocycles. The van der Waals surface area contributed by atoms with E-state index < -0.39 is 16.6 Å². The maximum Gasteiger partial charge on any atom is 0.293 e. The first kappa shape index (κ1) is 17.9. The van der Waals surface area contributed by atoms with E-state index in [0.29, 0.717) is 24.5 Å². The average Bonchev–Trinajstić information content (AvgIpc) is 2.98. The van der Waals surface area contributed by atoms with Crippen LogP contribution in [-0.2, 0) is 13.0 Å². The van der Waals surface area contributed by atoms with Crippen molar-refractivity contribution in [1.29, 1.82) is 0 Å². The number of aliphatic imine (C=N–C) groups is 1. The first-order valence-electron chi connectivity index (χ1n) is 8.55. The van der Waals surface area contributed by atoms with Crippen LogP contribution in [0.5, 0.6) is 0 Å².